The standard InChI is InChI=1S/C13H20N4O/c1-13(2,3)8-10-7-9(5-6-11(10)18-4)12-14-16-17-15-12/h5,7,11H,6,8H2,1-4H3,(H,14,15,16,17). The van der Waals surface area contributed by atoms with Crippen LogP contribution < -0.4 is 0 Å². The van der Waals surface area contributed by atoms with Gasteiger partial charge in [0.2, 0.25) is 5.82 Å². The molecule has 18 heavy (non-hydrogen) atoms. The van der Waals surface area contributed by atoms with Crippen LogP contribution in [0.4, 0.5) is 0 Å². The number of methoxy groups -OCH3 is 1. The fraction of sp³-hybridized carbons (Fsp3) is 0.615. The molecule has 0 saturated heterocycles. The van der Waals surface area contributed by atoms with Gasteiger partial charge < -0.3 is 4.74 Å². The average Bonchev–Trinajstić information content (AvgIpc) is 2.80. The van der Waals surface area contributed by atoms with Crippen molar-refractivity contribution in [2.45, 2.75) is 39.7 Å². The maximum atomic E-state index is 5.54. The Balaban J connectivity index is 2.24. The quantitative estimate of drug-likeness (QED) is 0.892. The Bertz CT molecular complexity index is 454. The van der Waals surface area contributed by atoms with Crippen LogP contribution in [0.15, 0.2) is 17.7 Å². The summed E-state index contributed by atoms with van der Waals surface area (Å²) in [6, 6.07) is 0. The number of tetrazole rings is 1. The van der Waals surface area contributed by atoms with Gasteiger partial charge >= 0.3 is 0 Å². The molecular weight excluding hydrogens is 228 g/mol. The van der Waals surface area contributed by atoms with E-state index in [1.807, 2.05) is 0 Å². The van der Waals surface area contributed by atoms with Gasteiger partial charge in [-0.25, -0.2) is 0 Å². The van der Waals surface area contributed by atoms with Crippen molar-refractivity contribution in [1.82, 2.24) is 20.6 Å². The van der Waals surface area contributed by atoms with E-state index in [0.717, 1.165) is 18.4 Å². The SMILES string of the molecule is COC1CC=C(c2nn[nH]n2)C=C1CC(C)(C)C. The molecular formula is C13H20N4O. The number of nitrogens with one attached hydrogen (secondary N) is 1. The highest BCUT2D eigenvalue weighted by atomic mass is 16.5. The molecule has 1 aromatic heterocycles. The van der Waals surface area contributed by atoms with E-state index in [-0.39, 0.29) is 11.5 Å². The van der Waals surface area contributed by atoms with Crippen LogP contribution in [0, 0.1) is 5.41 Å². The maximum Gasteiger partial charge on any atom is 0.204 e. The Morgan fingerprint density at radius 2 is 2.22 bits per heavy atom. The molecule has 2 rings (SSSR count). The summed E-state index contributed by atoms with van der Waals surface area (Å²) in [4.78, 5) is 0. The molecule has 1 aromatic rings. The van der Waals surface area contributed by atoms with Gasteiger partial charge in [0.1, 0.15) is 0 Å². The summed E-state index contributed by atoms with van der Waals surface area (Å²) in [7, 11) is 1.76. The molecule has 0 amide bonds. The lowest BCUT2D eigenvalue weighted by atomic mass is 9.82. The molecule has 0 saturated carbocycles. The Labute approximate surface area is 107 Å². The third-order valence-corrected chi connectivity index (χ3v) is 2.93. The molecule has 1 heterocycles. The average molecular weight is 248 g/mol. The lowest BCUT2D eigenvalue weighted by Gasteiger charge is -2.27. The van der Waals surface area contributed by atoms with Gasteiger partial charge in [-0.1, -0.05) is 26.8 Å². The fourth-order valence-corrected chi connectivity index (χ4v) is 2.20. The minimum absolute atomic E-state index is 0.167. The van der Waals surface area contributed by atoms with Gasteiger partial charge in [-0.15, -0.1) is 10.2 Å². The Kier molecular flexibility index (Phi) is 3.61. The highest BCUT2D eigenvalue weighted by Gasteiger charge is 2.23. The van der Waals surface area contributed by atoms with Crippen LogP contribution >= 0.6 is 0 Å². The van der Waals surface area contributed by atoms with Crippen LogP contribution in [0.25, 0.3) is 5.57 Å². The van der Waals surface area contributed by atoms with E-state index in [2.05, 4.69) is 53.5 Å². The van der Waals surface area contributed by atoms with Gasteiger partial charge in [-0.2, -0.15) is 5.21 Å². The third-order valence-electron chi connectivity index (χ3n) is 2.93. The summed E-state index contributed by atoms with van der Waals surface area (Å²) in [5.41, 5.74) is 2.56. The number of aromatic nitrogens is 4. The summed E-state index contributed by atoms with van der Waals surface area (Å²) in [5.74, 6) is 0.649. The van der Waals surface area contributed by atoms with Gasteiger partial charge in [-0.3, -0.25) is 0 Å². The lowest BCUT2D eigenvalue weighted by Crippen LogP contribution is -2.20. The smallest absolute Gasteiger partial charge is 0.204 e. The van der Waals surface area contributed by atoms with E-state index < -0.39 is 0 Å². The molecule has 0 aromatic carbocycles. The summed E-state index contributed by atoms with van der Waals surface area (Å²) < 4.78 is 5.54. The minimum Gasteiger partial charge on any atom is -0.377 e. The van der Waals surface area contributed by atoms with Crippen LogP contribution in [0.2, 0.25) is 0 Å². The van der Waals surface area contributed by atoms with Crippen molar-refractivity contribution >= 4 is 5.57 Å². The van der Waals surface area contributed by atoms with Crippen molar-refractivity contribution in [3.8, 4) is 0 Å². The van der Waals surface area contributed by atoms with Crippen LogP contribution in [-0.2, 0) is 4.74 Å². The molecule has 1 unspecified atom stereocenters. The molecule has 1 N–H and O–H groups in total. The van der Waals surface area contributed by atoms with E-state index in [1.165, 1.54) is 5.57 Å². The van der Waals surface area contributed by atoms with Crippen molar-refractivity contribution < 1.29 is 4.74 Å². The molecule has 0 radical (unpaired) electrons. The van der Waals surface area contributed by atoms with Crippen molar-refractivity contribution in [3.05, 3.63) is 23.5 Å². The summed E-state index contributed by atoms with van der Waals surface area (Å²) >= 11 is 0. The number of hydrogen-bond acceptors (Lipinski definition) is 4. The number of rotatable bonds is 3. The molecule has 1 aliphatic rings. The van der Waals surface area contributed by atoms with Gasteiger partial charge in [-0.05, 0) is 35.1 Å². The first-order valence-electron chi connectivity index (χ1n) is 6.17. The van der Waals surface area contributed by atoms with Gasteiger partial charge in [0.05, 0.1) is 6.10 Å². The molecule has 1 atom stereocenters. The number of hydrogen-bond donors (Lipinski definition) is 1. The molecule has 1 aliphatic carbocycles. The Morgan fingerprint density at radius 1 is 1.44 bits per heavy atom. The second-order valence-electron chi connectivity index (χ2n) is 5.81. The molecule has 0 bridgehead atoms. The number of H-pyrrole nitrogens is 1. The lowest BCUT2D eigenvalue weighted by molar-refractivity contribution is 0.125. The number of aromatic amines is 1. The first-order valence-corrected chi connectivity index (χ1v) is 6.17. The third kappa shape index (κ3) is 3.04. The zero-order valence-electron chi connectivity index (χ0n) is 11.4. The van der Waals surface area contributed by atoms with E-state index in [9.17, 15) is 0 Å². The van der Waals surface area contributed by atoms with Crippen LogP contribution in [0.3, 0.4) is 0 Å². The molecule has 0 spiro atoms. The zero-order chi connectivity index (χ0) is 13.2. The van der Waals surface area contributed by atoms with Crippen LogP contribution in [0.5, 0.6) is 0 Å². The number of allylic oxidation sites excluding steroid dienone is 2. The van der Waals surface area contributed by atoms with Gasteiger partial charge in [0.25, 0.3) is 0 Å². The van der Waals surface area contributed by atoms with E-state index in [0.29, 0.717) is 5.82 Å². The van der Waals surface area contributed by atoms with E-state index >= 15 is 0 Å². The Hall–Kier alpha value is -1.49. The first kappa shape index (κ1) is 13.0. The topological polar surface area (TPSA) is 63.7 Å². The van der Waals surface area contributed by atoms with Crippen molar-refractivity contribution in [2.75, 3.05) is 7.11 Å². The monoisotopic (exact) mass is 248 g/mol. The van der Waals surface area contributed by atoms with Gasteiger partial charge in [0, 0.05) is 12.7 Å². The summed E-state index contributed by atoms with van der Waals surface area (Å²) in [5, 5.41) is 14.1. The van der Waals surface area contributed by atoms with Crippen molar-refractivity contribution in [1.29, 1.82) is 0 Å². The second-order valence-corrected chi connectivity index (χ2v) is 5.81. The second kappa shape index (κ2) is 5.02. The summed E-state index contributed by atoms with van der Waals surface area (Å²) in [6.07, 6.45) is 6.27. The molecule has 0 fully saturated rings. The van der Waals surface area contributed by atoms with Crippen LogP contribution in [0.1, 0.15) is 39.4 Å². The highest BCUT2D eigenvalue weighted by Crippen LogP contribution is 2.33. The highest BCUT2D eigenvalue weighted by molar-refractivity contribution is 5.71. The van der Waals surface area contributed by atoms with Crippen LogP contribution in [-0.4, -0.2) is 33.8 Å². The predicted molar refractivity (Wildman–Crippen MR) is 69.7 cm³/mol. The fourth-order valence-electron chi connectivity index (χ4n) is 2.20. The van der Waals surface area contributed by atoms with Gasteiger partial charge in [0.15, 0.2) is 0 Å². The molecule has 5 heteroatoms. The number of nitrogens with zero attached hydrogens (tertiary/aromatic N) is 3. The predicted octanol–water partition coefficient (Wildman–Crippen LogP) is 2.36. The Morgan fingerprint density at radius 3 is 2.78 bits per heavy atom. The van der Waals surface area contributed by atoms with Crippen molar-refractivity contribution in [2.24, 2.45) is 5.41 Å². The molecule has 5 nitrogen and oxygen atoms in total. The maximum absolute atomic E-state index is 5.54. The molecule has 98 valence electrons. The number of ether oxygens (including phenoxy) is 1. The van der Waals surface area contributed by atoms with E-state index in [4.69, 9.17) is 4.74 Å². The minimum atomic E-state index is 0.167. The zero-order valence-corrected chi connectivity index (χ0v) is 11.4. The first-order chi connectivity index (χ1) is 8.49. The largest absolute Gasteiger partial charge is 0.377 e. The van der Waals surface area contributed by atoms with Crippen molar-refractivity contribution in [3.63, 3.8) is 0 Å². The normalized spacial score (nSPS) is 20.6. The molecule has 0 aliphatic heterocycles. The van der Waals surface area contributed by atoms with E-state index in [1.54, 1.807) is 7.11 Å². The summed E-state index contributed by atoms with van der Waals surface area (Å²) in [6.45, 7) is 6.69.